The topological polar surface area (TPSA) is 30.2 Å². The average Bonchev–Trinajstić information content (AvgIpc) is 3.05. The SMILES string of the molecule is Cc1cnn2c(Cl)cc(C(C)(C)C3CC3)nc12. The van der Waals surface area contributed by atoms with Gasteiger partial charge in [0.05, 0.1) is 11.9 Å². The lowest BCUT2D eigenvalue weighted by Gasteiger charge is -2.24. The molecule has 0 unspecified atom stereocenters. The Morgan fingerprint density at radius 1 is 1.41 bits per heavy atom. The number of halogens is 1. The highest BCUT2D eigenvalue weighted by atomic mass is 35.5. The van der Waals surface area contributed by atoms with Gasteiger partial charge in [-0.25, -0.2) is 9.50 Å². The predicted octanol–water partition coefficient (Wildman–Crippen LogP) is 3.38. The minimum Gasteiger partial charge on any atom is -0.233 e. The molecule has 3 rings (SSSR count). The van der Waals surface area contributed by atoms with Crippen molar-refractivity contribution in [3.8, 4) is 0 Å². The van der Waals surface area contributed by atoms with Crippen molar-refractivity contribution >= 4 is 17.2 Å². The van der Waals surface area contributed by atoms with E-state index in [1.807, 2.05) is 19.2 Å². The van der Waals surface area contributed by atoms with Crippen LogP contribution in [0.25, 0.3) is 5.65 Å². The van der Waals surface area contributed by atoms with Gasteiger partial charge in [0.1, 0.15) is 5.15 Å². The van der Waals surface area contributed by atoms with Crippen molar-refractivity contribution in [1.82, 2.24) is 14.6 Å². The molecule has 0 aromatic carbocycles. The number of rotatable bonds is 2. The Balaban J connectivity index is 2.20. The van der Waals surface area contributed by atoms with Crippen LogP contribution in [0.5, 0.6) is 0 Å². The molecule has 90 valence electrons. The molecule has 2 aromatic rings. The molecular formula is C13H16ClN3. The van der Waals surface area contributed by atoms with Gasteiger partial charge < -0.3 is 0 Å². The fraction of sp³-hybridized carbons (Fsp3) is 0.538. The molecule has 1 saturated carbocycles. The molecule has 0 N–H and O–H groups in total. The second-order valence-corrected chi connectivity index (χ2v) is 5.91. The summed E-state index contributed by atoms with van der Waals surface area (Å²) in [7, 11) is 0. The molecule has 0 saturated heterocycles. The van der Waals surface area contributed by atoms with E-state index in [4.69, 9.17) is 16.6 Å². The van der Waals surface area contributed by atoms with E-state index in [9.17, 15) is 0 Å². The Bertz CT molecular complexity index is 582. The van der Waals surface area contributed by atoms with Crippen molar-refractivity contribution in [1.29, 1.82) is 0 Å². The van der Waals surface area contributed by atoms with Crippen LogP contribution in [0.2, 0.25) is 5.15 Å². The Morgan fingerprint density at radius 2 is 2.12 bits per heavy atom. The lowest BCUT2D eigenvalue weighted by Crippen LogP contribution is -2.22. The third kappa shape index (κ3) is 1.64. The zero-order valence-corrected chi connectivity index (χ0v) is 11.1. The molecule has 4 heteroatoms. The predicted molar refractivity (Wildman–Crippen MR) is 68.5 cm³/mol. The monoisotopic (exact) mass is 249 g/mol. The summed E-state index contributed by atoms with van der Waals surface area (Å²) in [5.74, 6) is 0.747. The largest absolute Gasteiger partial charge is 0.233 e. The normalized spacial score (nSPS) is 16.7. The van der Waals surface area contributed by atoms with Crippen molar-refractivity contribution in [2.24, 2.45) is 5.92 Å². The highest BCUT2D eigenvalue weighted by molar-refractivity contribution is 6.29. The van der Waals surface area contributed by atoms with Gasteiger partial charge in [0.25, 0.3) is 0 Å². The van der Waals surface area contributed by atoms with E-state index in [-0.39, 0.29) is 5.41 Å². The first kappa shape index (κ1) is 11.0. The van der Waals surface area contributed by atoms with Crippen molar-refractivity contribution < 1.29 is 0 Å². The molecule has 0 atom stereocenters. The van der Waals surface area contributed by atoms with E-state index in [1.165, 1.54) is 12.8 Å². The third-order valence-electron chi connectivity index (χ3n) is 3.86. The standard InChI is InChI=1S/C13H16ClN3/c1-8-7-15-17-11(14)6-10(16-12(8)17)13(2,3)9-4-5-9/h6-7,9H,4-5H2,1-3H3. The van der Waals surface area contributed by atoms with E-state index >= 15 is 0 Å². The maximum atomic E-state index is 6.27. The van der Waals surface area contributed by atoms with E-state index in [0.717, 1.165) is 22.8 Å². The van der Waals surface area contributed by atoms with E-state index in [2.05, 4.69) is 18.9 Å². The van der Waals surface area contributed by atoms with Crippen LogP contribution in [-0.2, 0) is 5.41 Å². The molecule has 1 aliphatic carbocycles. The zero-order valence-electron chi connectivity index (χ0n) is 10.4. The van der Waals surface area contributed by atoms with Gasteiger partial charge in [-0.05, 0) is 31.7 Å². The van der Waals surface area contributed by atoms with Crippen LogP contribution >= 0.6 is 11.6 Å². The van der Waals surface area contributed by atoms with Crippen LogP contribution in [0.1, 0.15) is 37.9 Å². The van der Waals surface area contributed by atoms with Crippen molar-refractivity contribution in [2.45, 2.75) is 39.0 Å². The molecule has 0 radical (unpaired) electrons. The number of fused-ring (bicyclic) bond motifs is 1. The first-order valence-electron chi connectivity index (χ1n) is 6.01. The average molecular weight is 250 g/mol. The van der Waals surface area contributed by atoms with Crippen molar-refractivity contribution in [3.63, 3.8) is 0 Å². The number of aromatic nitrogens is 3. The summed E-state index contributed by atoms with van der Waals surface area (Å²) in [6, 6.07) is 1.96. The Labute approximate surface area is 106 Å². The summed E-state index contributed by atoms with van der Waals surface area (Å²) < 4.78 is 1.70. The van der Waals surface area contributed by atoms with Crippen LogP contribution in [0.4, 0.5) is 0 Å². The third-order valence-corrected chi connectivity index (χ3v) is 4.13. The summed E-state index contributed by atoms with van der Waals surface area (Å²) in [5.41, 5.74) is 3.14. The molecule has 17 heavy (non-hydrogen) atoms. The highest BCUT2D eigenvalue weighted by Gasteiger charge is 2.40. The van der Waals surface area contributed by atoms with Gasteiger partial charge in [-0.2, -0.15) is 5.10 Å². The first-order chi connectivity index (χ1) is 8.00. The van der Waals surface area contributed by atoms with Gasteiger partial charge in [-0.3, -0.25) is 0 Å². The van der Waals surface area contributed by atoms with Gasteiger partial charge in [-0.1, -0.05) is 25.4 Å². The molecule has 0 bridgehead atoms. The maximum absolute atomic E-state index is 6.27. The summed E-state index contributed by atoms with van der Waals surface area (Å²) in [6.07, 6.45) is 4.41. The molecule has 0 amide bonds. The Hall–Kier alpha value is -1.09. The molecular weight excluding hydrogens is 234 g/mol. The summed E-state index contributed by atoms with van der Waals surface area (Å²) in [6.45, 7) is 6.52. The fourth-order valence-corrected chi connectivity index (χ4v) is 2.61. The summed E-state index contributed by atoms with van der Waals surface area (Å²) in [5, 5.41) is 4.87. The highest BCUT2D eigenvalue weighted by Crippen LogP contribution is 2.46. The second-order valence-electron chi connectivity index (χ2n) is 5.52. The number of hydrogen-bond acceptors (Lipinski definition) is 2. The van der Waals surface area contributed by atoms with Gasteiger partial charge >= 0.3 is 0 Å². The van der Waals surface area contributed by atoms with Crippen LogP contribution in [0.15, 0.2) is 12.3 Å². The van der Waals surface area contributed by atoms with Gasteiger partial charge in [0, 0.05) is 11.0 Å². The van der Waals surface area contributed by atoms with Crippen LogP contribution in [-0.4, -0.2) is 14.6 Å². The zero-order chi connectivity index (χ0) is 12.2. The molecule has 1 fully saturated rings. The van der Waals surface area contributed by atoms with E-state index in [1.54, 1.807) is 4.52 Å². The van der Waals surface area contributed by atoms with Crippen LogP contribution < -0.4 is 0 Å². The van der Waals surface area contributed by atoms with E-state index in [0.29, 0.717) is 5.15 Å². The van der Waals surface area contributed by atoms with Gasteiger partial charge in [0.2, 0.25) is 0 Å². The molecule has 0 aliphatic heterocycles. The smallest absolute Gasteiger partial charge is 0.159 e. The first-order valence-corrected chi connectivity index (χ1v) is 6.39. The van der Waals surface area contributed by atoms with Crippen LogP contribution in [0.3, 0.4) is 0 Å². The number of nitrogens with zero attached hydrogens (tertiary/aromatic N) is 3. The molecule has 1 aliphatic rings. The van der Waals surface area contributed by atoms with Crippen molar-refractivity contribution in [3.05, 3.63) is 28.7 Å². The summed E-state index contributed by atoms with van der Waals surface area (Å²) >= 11 is 6.27. The van der Waals surface area contributed by atoms with Crippen LogP contribution in [0, 0.1) is 12.8 Å². The fourth-order valence-electron chi connectivity index (χ4n) is 2.38. The minimum atomic E-state index is 0.113. The lowest BCUT2D eigenvalue weighted by atomic mass is 9.83. The van der Waals surface area contributed by atoms with E-state index < -0.39 is 0 Å². The minimum absolute atomic E-state index is 0.113. The quantitative estimate of drug-likeness (QED) is 0.764. The number of aryl methyl sites for hydroxylation is 1. The molecule has 2 aromatic heterocycles. The number of hydrogen-bond donors (Lipinski definition) is 0. The van der Waals surface area contributed by atoms with Crippen molar-refractivity contribution in [2.75, 3.05) is 0 Å². The maximum Gasteiger partial charge on any atom is 0.159 e. The van der Waals surface area contributed by atoms with Gasteiger partial charge in [-0.15, -0.1) is 0 Å². The van der Waals surface area contributed by atoms with Gasteiger partial charge in [0.15, 0.2) is 5.65 Å². The Morgan fingerprint density at radius 3 is 2.76 bits per heavy atom. The Kier molecular flexibility index (Phi) is 2.24. The molecule has 3 nitrogen and oxygen atoms in total. The second kappa shape index (κ2) is 3.45. The lowest BCUT2D eigenvalue weighted by molar-refractivity contribution is 0.441. The molecule has 0 spiro atoms. The molecule has 2 heterocycles. The summed E-state index contributed by atoms with van der Waals surface area (Å²) in [4.78, 5) is 4.74.